The summed E-state index contributed by atoms with van der Waals surface area (Å²) in [7, 11) is 1.70. The van der Waals surface area contributed by atoms with Gasteiger partial charge in [-0.2, -0.15) is 0 Å². The van der Waals surface area contributed by atoms with Crippen molar-refractivity contribution >= 4 is 11.6 Å². The summed E-state index contributed by atoms with van der Waals surface area (Å²) in [6, 6.07) is 0. The summed E-state index contributed by atoms with van der Waals surface area (Å²) in [4.78, 5) is 22.9. The quantitative estimate of drug-likeness (QED) is 0.472. The SMILES string of the molecule is CCCCC(=O)CCCC(=O)CCCCCOC. The van der Waals surface area contributed by atoms with Crippen LogP contribution in [0.3, 0.4) is 0 Å². The van der Waals surface area contributed by atoms with Crippen LogP contribution in [0.5, 0.6) is 0 Å². The molecular formula is C15H28O3. The van der Waals surface area contributed by atoms with Gasteiger partial charge in [0.1, 0.15) is 11.6 Å². The van der Waals surface area contributed by atoms with Gasteiger partial charge in [-0.05, 0) is 25.7 Å². The Bertz CT molecular complexity index is 224. The average molecular weight is 256 g/mol. The highest BCUT2D eigenvalue weighted by molar-refractivity contribution is 5.81. The average Bonchev–Trinajstić information content (AvgIpc) is 2.36. The van der Waals surface area contributed by atoms with Gasteiger partial charge in [0.25, 0.3) is 0 Å². The van der Waals surface area contributed by atoms with E-state index >= 15 is 0 Å². The van der Waals surface area contributed by atoms with Crippen LogP contribution in [0, 0.1) is 0 Å². The lowest BCUT2D eigenvalue weighted by Crippen LogP contribution is -2.02. The smallest absolute Gasteiger partial charge is 0.132 e. The van der Waals surface area contributed by atoms with Crippen molar-refractivity contribution in [3.05, 3.63) is 0 Å². The first-order chi connectivity index (χ1) is 8.70. The van der Waals surface area contributed by atoms with Crippen molar-refractivity contribution < 1.29 is 14.3 Å². The number of rotatable bonds is 13. The van der Waals surface area contributed by atoms with Gasteiger partial charge in [0.15, 0.2) is 0 Å². The fourth-order valence-electron chi connectivity index (χ4n) is 1.85. The van der Waals surface area contributed by atoms with Gasteiger partial charge in [-0.3, -0.25) is 9.59 Å². The first kappa shape index (κ1) is 17.3. The van der Waals surface area contributed by atoms with Crippen molar-refractivity contribution in [2.75, 3.05) is 13.7 Å². The van der Waals surface area contributed by atoms with Gasteiger partial charge in [0.2, 0.25) is 0 Å². The van der Waals surface area contributed by atoms with Crippen molar-refractivity contribution in [1.29, 1.82) is 0 Å². The normalized spacial score (nSPS) is 10.6. The van der Waals surface area contributed by atoms with Crippen LogP contribution in [-0.2, 0) is 14.3 Å². The molecule has 0 aliphatic heterocycles. The van der Waals surface area contributed by atoms with Crippen LogP contribution in [-0.4, -0.2) is 25.3 Å². The molecule has 0 aromatic rings. The van der Waals surface area contributed by atoms with E-state index in [0.717, 1.165) is 45.1 Å². The first-order valence-electron chi connectivity index (χ1n) is 7.23. The van der Waals surface area contributed by atoms with Crippen LogP contribution in [0.25, 0.3) is 0 Å². The summed E-state index contributed by atoms with van der Waals surface area (Å²) in [5.74, 6) is 0.612. The summed E-state index contributed by atoms with van der Waals surface area (Å²) < 4.78 is 4.95. The minimum atomic E-state index is 0.302. The van der Waals surface area contributed by atoms with Crippen molar-refractivity contribution in [2.24, 2.45) is 0 Å². The van der Waals surface area contributed by atoms with Gasteiger partial charge in [-0.1, -0.05) is 19.8 Å². The van der Waals surface area contributed by atoms with Crippen LogP contribution >= 0.6 is 0 Å². The van der Waals surface area contributed by atoms with Crippen LogP contribution in [0.4, 0.5) is 0 Å². The monoisotopic (exact) mass is 256 g/mol. The second-order valence-corrected chi connectivity index (χ2v) is 4.84. The van der Waals surface area contributed by atoms with E-state index in [4.69, 9.17) is 4.74 Å². The molecule has 0 bridgehead atoms. The number of carbonyl (C=O) groups excluding carboxylic acids is 2. The molecule has 0 spiro atoms. The lowest BCUT2D eigenvalue weighted by molar-refractivity contribution is -0.120. The molecule has 0 atom stereocenters. The zero-order chi connectivity index (χ0) is 13.6. The van der Waals surface area contributed by atoms with E-state index in [1.165, 1.54) is 0 Å². The molecule has 0 N–H and O–H groups in total. The molecule has 0 aliphatic carbocycles. The minimum absolute atomic E-state index is 0.302. The number of methoxy groups -OCH3 is 1. The highest BCUT2D eigenvalue weighted by Gasteiger charge is 2.05. The van der Waals surface area contributed by atoms with Gasteiger partial charge >= 0.3 is 0 Å². The second-order valence-electron chi connectivity index (χ2n) is 4.84. The molecule has 0 amide bonds. The number of ketones is 2. The molecular weight excluding hydrogens is 228 g/mol. The van der Waals surface area contributed by atoms with Crippen molar-refractivity contribution in [3.63, 3.8) is 0 Å². The Balaban J connectivity index is 3.33. The van der Waals surface area contributed by atoms with Crippen molar-refractivity contribution in [1.82, 2.24) is 0 Å². The Kier molecular flexibility index (Phi) is 12.3. The summed E-state index contributed by atoms with van der Waals surface area (Å²) in [6.45, 7) is 2.86. The molecule has 3 heteroatoms. The molecule has 3 nitrogen and oxygen atoms in total. The maximum absolute atomic E-state index is 11.5. The molecule has 0 aliphatic rings. The lowest BCUT2D eigenvalue weighted by Gasteiger charge is -2.02. The van der Waals surface area contributed by atoms with Gasteiger partial charge < -0.3 is 4.74 Å². The molecule has 0 heterocycles. The number of ether oxygens (including phenoxy) is 1. The number of carbonyl (C=O) groups is 2. The van der Waals surface area contributed by atoms with Gasteiger partial charge in [-0.25, -0.2) is 0 Å². The molecule has 0 aromatic carbocycles. The molecule has 0 aromatic heterocycles. The predicted molar refractivity (Wildman–Crippen MR) is 73.7 cm³/mol. The fourth-order valence-corrected chi connectivity index (χ4v) is 1.85. The Morgan fingerprint density at radius 3 is 1.89 bits per heavy atom. The van der Waals surface area contributed by atoms with Crippen molar-refractivity contribution in [2.45, 2.75) is 71.1 Å². The third-order valence-electron chi connectivity index (χ3n) is 3.02. The van der Waals surface area contributed by atoms with Gasteiger partial charge in [0.05, 0.1) is 0 Å². The second kappa shape index (κ2) is 12.7. The maximum atomic E-state index is 11.5. The zero-order valence-corrected chi connectivity index (χ0v) is 12.0. The van der Waals surface area contributed by atoms with Crippen LogP contribution in [0.1, 0.15) is 71.1 Å². The number of hydrogen-bond donors (Lipinski definition) is 0. The molecule has 18 heavy (non-hydrogen) atoms. The lowest BCUT2D eigenvalue weighted by atomic mass is 10.0. The number of unbranched alkanes of at least 4 members (excludes halogenated alkanes) is 3. The summed E-state index contributed by atoms with van der Waals surface area (Å²) in [5, 5.41) is 0. The van der Waals surface area contributed by atoms with Crippen molar-refractivity contribution in [3.8, 4) is 0 Å². The molecule has 0 unspecified atom stereocenters. The Labute approximate surface area is 111 Å². The predicted octanol–water partition coefficient (Wildman–Crippen LogP) is 3.69. The van der Waals surface area contributed by atoms with Crippen LogP contribution < -0.4 is 0 Å². The Morgan fingerprint density at radius 2 is 1.33 bits per heavy atom. The summed E-state index contributed by atoms with van der Waals surface area (Å²) >= 11 is 0. The number of hydrogen-bond acceptors (Lipinski definition) is 3. The highest BCUT2D eigenvalue weighted by atomic mass is 16.5. The van der Waals surface area contributed by atoms with Gasteiger partial charge in [0, 0.05) is 39.4 Å². The molecule has 106 valence electrons. The third-order valence-corrected chi connectivity index (χ3v) is 3.02. The van der Waals surface area contributed by atoms with E-state index in [1.54, 1.807) is 7.11 Å². The molecule has 0 saturated heterocycles. The summed E-state index contributed by atoms with van der Waals surface area (Å²) in [5.41, 5.74) is 0. The van der Waals surface area contributed by atoms with E-state index in [1.807, 2.05) is 0 Å². The standard InChI is InChI=1S/C15H28O3/c1-3-4-9-14(16)11-8-12-15(17)10-6-5-7-13-18-2/h3-13H2,1-2H3. The first-order valence-corrected chi connectivity index (χ1v) is 7.23. The highest BCUT2D eigenvalue weighted by Crippen LogP contribution is 2.07. The zero-order valence-electron chi connectivity index (χ0n) is 12.0. The maximum Gasteiger partial charge on any atom is 0.132 e. The summed E-state index contributed by atoms with van der Waals surface area (Å²) in [6.07, 6.45) is 8.30. The van der Waals surface area contributed by atoms with Crippen LogP contribution in [0.2, 0.25) is 0 Å². The molecule has 0 saturated carbocycles. The Hall–Kier alpha value is -0.700. The van der Waals surface area contributed by atoms with E-state index < -0.39 is 0 Å². The minimum Gasteiger partial charge on any atom is -0.385 e. The van der Waals surface area contributed by atoms with Crippen LogP contribution in [0.15, 0.2) is 0 Å². The van der Waals surface area contributed by atoms with E-state index in [-0.39, 0.29) is 0 Å². The number of Topliss-reactive ketones (excluding diaryl/α,β-unsaturated/α-hetero) is 2. The molecule has 0 radical (unpaired) electrons. The fraction of sp³-hybridized carbons (Fsp3) is 0.867. The van der Waals surface area contributed by atoms with E-state index in [2.05, 4.69) is 6.92 Å². The third kappa shape index (κ3) is 11.8. The van der Waals surface area contributed by atoms with Gasteiger partial charge in [-0.15, -0.1) is 0 Å². The Morgan fingerprint density at radius 1 is 0.778 bits per heavy atom. The topological polar surface area (TPSA) is 43.4 Å². The molecule has 0 rings (SSSR count). The van der Waals surface area contributed by atoms with E-state index in [0.29, 0.717) is 37.2 Å². The largest absolute Gasteiger partial charge is 0.385 e. The molecule has 0 fully saturated rings. The van der Waals surface area contributed by atoms with E-state index in [9.17, 15) is 9.59 Å².